The molecule has 10 nitrogen and oxygen atoms in total. The average Bonchev–Trinajstić information content (AvgIpc) is 2.79. The standard InChI is InChI=1S/C21H26N6O4S/c1-15-13-27(17-3-2-16(12-22)19-20(17)24-5-4-23-19)14-18(31-15)21(28)25-6-7-26-8-10-32(29,30)11-9-26/h2-5,15,18H,6-11,13-14H2,1H3,(H,25,28)/t15-,18-/m1/s1. The molecule has 2 fully saturated rings. The zero-order valence-electron chi connectivity index (χ0n) is 17.9. The van der Waals surface area contributed by atoms with Crippen molar-refractivity contribution >= 4 is 32.5 Å². The van der Waals surface area contributed by atoms with E-state index >= 15 is 0 Å². The van der Waals surface area contributed by atoms with Gasteiger partial charge >= 0.3 is 0 Å². The first-order valence-corrected chi connectivity index (χ1v) is 12.4. The minimum atomic E-state index is -2.91. The monoisotopic (exact) mass is 458 g/mol. The van der Waals surface area contributed by atoms with Gasteiger partial charge in [-0.3, -0.25) is 19.7 Å². The molecule has 0 bridgehead atoms. The van der Waals surface area contributed by atoms with E-state index in [9.17, 15) is 18.5 Å². The van der Waals surface area contributed by atoms with Crippen LogP contribution < -0.4 is 10.2 Å². The highest BCUT2D eigenvalue weighted by molar-refractivity contribution is 7.91. The summed E-state index contributed by atoms with van der Waals surface area (Å²) in [5.41, 5.74) is 2.43. The van der Waals surface area contributed by atoms with Crippen LogP contribution in [0.3, 0.4) is 0 Å². The molecule has 0 saturated carbocycles. The molecule has 0 spiro atoms. The van der Waals surface area contributed by atoms with Gasteiger partial charge in [0.15, 0.2) is 15.9 Å². The first-order chi connectivity index (χ1) is 15.4. The highest BCUT2D eigenvalue weighted by atomic mass is 32.2. The zero-order chi connectivity index (χ0) is 22.7. The second-order valence-corrected chi connectivity index (χ2v) is 10.4. The van der Waals surface area contributed by atoms with Gasteiger partial charge in [0.25, 0.3) is 5.91 Å². The number of aromatic nitrogens is 2. The number of nitrogens with one attached hydrogen (secondary N) is 1. The fourth-order valence-corrected chi connectivity index (χ4v) is 5.38. The van der Waals surface area contributed by atoms with Crippen LogP contribution in [-0.4, -0.2) is 92.2 Å². The van der Waals surface area contributed by atoms with Crippen molar-refractivity contribution in [1.29, 1.82) is 5.26 Å². The van der Waals surface area contributed by atoms with Crippen molar-refractivity contribution in [3.63, 3.8) is 0 Å². The molecule has 1 aromatic carbocycles. The summed E-state index contributed by atoms with van der Waals surface area (Å²) < 4.78 is 29.0. The highest BCUT2D eigenvalue weighted by Gasteiger charge is 2.32. The maximum atomic E-state index is 12.8. The van der Waals surface area contributed by atoms with E-state index in [1.54, 1.807) is 18.5 Å². The summed E-state index contributed by atoms with van der Waals surface area (Å²) in [6.07, 6.45) is 2.33. The van der Waals surface area contributed by atoms with Crippen molar-refractivity contribution in [2.75, 3.05) is 55.7 Å². The van der Waals surface area contributed by atoms with Crippen LogP contribution >= 0.6 is 0 Å². The number of hydrogen-bond donors (Lipinski definition) is 1. The van der Waals surface area contributed by atoms with Crippen LogP contribution in [0.2, 0.25) is 0 Å². The average molecular weight is 459 g/mol. The number of carbonyl (C=O) groups is 1. The van der Waals surface area contributed by atoms with E-state index in [1.165, 1.54) is 0 Å². The summed E-state index contributed by atoms with van der Waals surface area (Å²) in [5.74, 6) is 0.136. The van der Waals surface area contributed by atoms with Gasteiger partial charge in [-0.2, -0.15) is 5.26 Å². The Labute approximate surface area is 187 Å². The van der Waals surface area contributed by atoms with Crippen LogP contribution in [-0.2, 0) is 19.4 Å². The predicted octanol–water partition coefficient (Wildman–Crippen LogP) is -0.0582. The molecule has 2 aliphatic rings. The molecular formula is C21H26N6O4S. The Hall–Kier alpha value is -2.81. The van der Waals surface area contributed by atoms with Crippen LogP contribution in [0.1, 0.15) is 12.5 Å². The van der Waals surface area contributed by atoms with Crippen LogP contribution in [0.4, 0.5) is 5.69 Å². The van der Waals surface area contributed by atoms with Gasteiger partial charge in [-0.1, -0.05) is 0 Å². The Morgan fingerprint density at radius 1 is 1.22 bits per heavy atom. The van der Waals surface area contributed by atoms with Crippen LogP contribution in [0.25, 0.3) is 11.0 Å². The summed E-state index contributed by atoms with van der Waals surface area (Å²) in [4.78, 5) is 25.6. The SMILES string of the molecule is C[C@@H]1CN(c2ccc(C#N)c3nccnc23)C[C@H](C(=O)NCCN2CCS(=O)(=O)CC2)O1. The van der Waals surface area contributed by atoms with Gasteiger partial charge in [-0.05, 0) is 19.1 Å². The van der Waals surface area contributed by atoms with Crippen LogP contribution in [0, 0.1) is 11.3 Å². The number of amides is 1. The maximum Gasteiger partial charge on any atom is 0.251 e. The lowest BCUT2D eigenvalue weighted by atomic mass is 10.1. The van der Waals surface area contributed by atoms with Gasteiger partial charge in [-0.25, -0.2) is 8.42 Å². The molecule has 32 heavy (non-hydrogen) atoms. The molecule has 1 amide bonds. The van der Waals surface area contributed by atoms with Crippen molar-refractivity contribution in [3.05, 3.63) is 30.1 Å². The van der Waals surface area contributed by atoms with Crippen molar-refractivity contribution in [2.24, 2.45) is 0 Å². The number of benzene rings is 1. The summed E-state index contributed by atoms with van der Waals surface area (Å²) in [5, 5.41) is 12.3. The second-order valence-electron chi connectivity index (χ2n) is 8.12. The number of fused-ring (bicyclic) bond motifs is 1. The molecule has 1 aromatic heterocycles. The molecule has 1 N–H and O–H groups in total. The Bertz CT molecular complexity index is 1130. The number of nitriles is 1. The van der Waals surface area contributed by atoms with E-state index in [2.05, 4.69) is 21.4 Å². The number of morpholine rings is 1. The fourth-order valence-electron chi connectivity index (χ4n) is 4.11. The van der Waals surface area contributed by atoms with Gasteiger partial charge in [0.05, 0.1) is 35.4 Å². The zero-order valence-corrected chi connectivity index (χ0v) is 18.7. The molecule has 3 heterocycles. The fraction of sp³-hybridized carbons (Fsp3) is 0.524. The lowest BCUT2D eigenvalue weighted by Crippen LogP contribution is -2.53. The lowest BCUT2D eigenvalue weighted by Gasteiger charge is -2.37. The summed E-state index contributed by atoms with van der Waals surface area (Å²) in [6.45, 7) is 4.88. The van der Waals surface area contributed by atoms with Crippen molar-refractivity contribution in [1.82, 2.24) is 20.2 Å². The van der Waals surface area contributed by atoms with Crippen molar-refractivity contribution in [2.45, 2.75) is 19.1 Å². The second kappa shape index (κ2) is 9.36. The topological polar surface area (TPSA) is 129 Å². The van der Waals surface area contributed by atoms with E-state index in [0.717, 1.165) is 5.69 Å². The minimum Gasteiger partial charge on any atom is -0.364 e. The number of ether oxygens (including phenoxy) is 1. The molecule has 2 saturated heterocycles. The number of carbonyl (C=O) groups excluding carboxylic acids is 1. The number of anilines is 1. The molecule has 0 unspecified atom stereocenters. The van der Waals surface area contributed by atoms with Crippen molar-refractivity contribution in [3.8, 4) is 6.07 Å². The molecule has 2 atom stereocenters. The summed E-state index contributed by atoms with van der Waals surface area (Å²) >= 11 is 0. The predicted molar refractivity (Wildman–Crippen MR) is 119 cm³/mol. The Morgan fingerprint density at radius 3 is 2.66 bits per heavy atom. The number of rotatable bonds is 5. The van der Waals surface area contributed by atoms with Gasteiger partial charge in [0.2, 0.25) is 0 Å². The Balaban J connectivity index is 1.40. The molecule has 4 rings (SSSR count). The minimum absolute atomic E-state index is 0.167. The first-order valence-electron chi connectivity index (χ1n) is 10.6. The number of hydrogen-bond acceptors (Lipinski definition) is 9. The quantitative estimate of drug-likeness (QED) is 0.655. The molecule has 11 heteroatoms. The molecule has 0 aliphatic carbocycles. The van der Waals surface area contributed by atoms with Gasteiger partial charge < -0.3 is 15.0 Å². The van der Waals surface area contributed by atoms with E-state index in [-0.39, 0.29) is 23.5 Å². The smallest absolute Gasteiger partial charge is 0.251 e. The number of nitrogens with zero attached hydrogens (tertiary/aromatic N) is 5. The van der Waals surface area contributed by atoms with Crippen LogP contribution in [0.5, 0.6) is 0 Å². The third kappa shape index (κ3) is 4.98. The normalized spacial score (nSPS) is 23.6. The summed E-state index contributed by atoms with van der Waals surface area (Å²) in [7, 11) is -2.91. The Morgan fingerprint density at radius 2 is 1.94 bits per heavy atom. The van der Waals surface area contributed by atoms with Gasteiger partial charge in [0, 0.05) is 45.1 Å². The lowest BCUT2D eigenvalue weighted by molar-refractivity contribution is -0.137. The third-order valence-corrected chi connectivity index (χ3v) is 7.39. The highest BCUT2D eigenvalue weighted by Crippen LogP contribution is 2.28. The largest absolute Gasteiger partial charge is 0.364 e. The molecule has 2 aliphatic heterocycles. The van der Waals surface area contributed by atoms with Crippen molar-refractivity contribution < 1.29 is 17.9 Å². The first kappa shape index (κ1) is 22.4. The maximum absolute atomic E-state index is 12.8. The Kier molecular flexibility index (Phi) is 6.55. The molecular weight excluding hydrogens is 432 g/mol. The van der Waals surface area contributed by atoms with E-state index < -0.39 is 15.9 Å². The molecule has 2 aromatic rings. The van der Waals surface area contributed by atoms with E-state index in [0.29, 0.717) is 55.9 Å². The van der Waals surface area contributed by atoms with E-state index in [4.69, 9.17) is 4.74 Å². The van der Waals surface area contributed by atoms with Gasteiger partial charge in [0.1, 0.15) is 17.1 Å². The molecule has 0 radical (unpaired) electrons. The third-order valence-electron chi connectivity index (χ3n) is 5.78. The van der Waals surface area contributed by atoms with E-state index in [1.807, 2.05) is 22.8 Å². The number of sulfone groups is 1. The van der Waals surface area contributed by atoms with Gasteiger partial charge in [-0.15, -0.1) is 0 Å². The van der Waals surface area contributed by atoms with Crippen LogP contribution in [0.15, 0.2) is 24.5 Å². The molecule has 170 valence electrons. The summed E-state index contributed by atoms with van der Waals surface area (Å²) in [6, 6.07) is 5.71.